The van der Waals surface area contributed by atoms with Crippen LogP contribution in [0.2, 0.25) is 0 Å². The fraction of sp³-hybridized carbons (Fsp3) is 0.440. The largest absolute Gasteiger partial charge is 0.353 e. The van der Waals surface area contributed by atoms with E-state index in [0.29, 0.717) is 19.3 Å². The third-order valence-electron chi connectivity index (χ3n) is 6.25. The molecule has 1 amide bonds. The highest BCUT2D eigenvalue weighted by Crippen LogP contribution is 2.41. The molecular weight excluding hydrogens is 360 g/mol. The van der Waals surface area contributed by atoms with Crippen LogP contribution in [0.5, 0.6) is 0 Å². The second kappa shape index (κ2) is 9.84. The zero-order chi connectivity index (χ0) is 20.7. The van der Waals surface area contributed by atoms with E-state index in [1.165, 1.54) is 5.56 Å². The van der Waals surface area contributed by atoms with Crippen LogP contribution in [0.15, 0.2) is 60.7 Å². The van der Waals surface area contributed by atoms with Crippen molar-refractivity contribution in [2.45, 2.75) is 56.5 Å². The highest BCUT2D eigenvalue weighted by atomic mass is 16.1. The summed E-state index contributed by atoms with van der Waals surface area (Å²) < 4.78 is 0. The third-order valence-corrected chi connectivity index (χ3v) is 6.25. The summed E-state index contributed by atoms with van der Waals surface area (Å²) in [5, 5.41) is 3.19. The fourth-order valence-corrected chi connectivity index (χ4v) is 4.46. The molecule has 4 nitrogen and oxygen atoms in total. The van der Waals surface area contributed by atoms with E-state index in [4.69, 9.17) is 0 Å². The number of hydrogen-bond acceptors (Lipinski definition) is 3. The van der Waals surface area contributed by atoms with Crippen LogP contribution in [0, 0.1) is 0 Å². The highest BCUT2D eigenvalue weighted by molar-refractivity contribution is 5.96. The molecule has 0 spiro atoms. The van der Waals surface area contributed by atoms with Gasteiger partial charge in [0.15, 0.2) is 5.78 Å². The second-order valence-corrected chi connectivity index (χ2v) is 8.28. The number of ketones is 1. The summed E-state index contributed by atoms with van der Waals surface area (Å²) in [4.78, 5) is 26.8. The van der Waals surface area contributed by atoms with Crippen molar-refractivity contribution >= 4 is 11.7 Å². The Kier molecular flexibility index (Phi) is 7.21. The fourth-order valence-electron chi connectivity index (χ4n) is 4.46. The van der Waals surface area contributed by atoms with Crippen molar-refractivity contribution in [3.63, 3.8) is 0 Å². The van der Waals surface area contributed by atoms with E-state index in [1.54, 1.807) is 0 Å². The van der Waals surface area contributed by atoms with Gasteiger partial charge in [-0.15, -0.1) is 0 Å². The van der Waals surface area contributed by atoms with Crippen molar-refractivity contribution < 1.29 is 9.59 Å². The maximum Gasteiger partial charge on any atom is 0.220 e. The first kappa shape index (κ1) is 21.3. The van der Waals surface area contributed by atoms with Gasteiger partial charge >= 0.3 is 0 Å². The molecule has 0 atom stereocenters. The molecule has 0 radical (unpaired) electrons. The van der Waals surface area contributed by atoms with Crippen molar-refractivity contribution in [2.75, 3.05) is 14.1 Å². The molecule has 2 aromatic carbocycles. The van der Waals surface area contributed by atoms with Crippen LogP contribution >= 0.6 is 0 Å². The van der Waals surface area contributed by atoms with Gasteiger partial charge in [0.1, 0.15) is 0 Å². The van der Waals surface area contributed by atoms with Crippen LogP contribution in [-0.2, 0) is 10.3 Å². The van der Waals surface area contributed by atoms with E-state index in [9.17, 15) is 9.59 Å². The summed E-state index contributed by atoms with van der Waals surface area (Å²) in [7, 11) is 4.30. The van der Waals surface area contributed by atoms with E-state index < -0.39 is 0 Å². The predicted molar refractivity (Wildman–Crippen MR) is 117 cm³/mol. The van der Waals surface area contributed by atoms with Gasteiger partial charge in [0.2, 0.25) is 5.91 Å². The summed E-state index contributed by atoms with van der Waals surface area (Å²) in [6, 6.07) is 20.2. The van der Waals surface area contributed by atoms with Gasteiger partial charge in [0, 0.05) is 30.0 Å². The van der Waals surface area contributed by atoms with Crippen molar-refractivity contribution in [2.24, 2.45) is 0 Å². The highest BCUT2D eigenvalue weighted by Gasteiger charge is 2.38. The molecule has 0 aliphatic heterocycles. The lowest BCUT2D eigenvalue weighted by Crippen LogP contribution is -2.48. The molecule has 1 N–H and O–H groups in total. The third kappa shape index (κ3) is 5.33. The lowest BCUT2D eigenvalue weighted by molar-refractivity contribution is -0.122. The number of nitrogens with one attached hydrogen (secondary N) is 1. The molecule has 1 saturated carbocycles. The van der Waals surface area contributed by atoms with Crippen molar-refractivity contribution in [1.29, 1.82) is 0 Å². The first-order chi connectivity index (χ1) is 14.0. The van der Waals surface area contributed by atoms with Crippen molar-refractivity contribution in [3.8, 4) is 0 Å². The molecule has 0 saturated heterocycles. The number of Topliss-reactive ketones (excluding diaryl/α,β-unsaturated/α-hetero) is 1. The molecule has 0 unspecified atom stereocenters. The Morgan fingerprint density at radius 1 is 0.931 bits per heavy atom. The molecule has 3 rings (SSSR count). The van der Waals surface area contributed by atoms with Gasteiger partial charge in [-0.25, -0.2) is 0 Å². The first-order valence-electron chi connectivity index (χ1n) is 10.6. The average Bonchev–Trinajstić information content (AvgIpc) is 2.75. The first-order valence-corrected chi connectivity index (χ1v) is 10.6. The zero-order valence-corrected chi connectivity index (χ0v) is 17.6. The predicted octanol–water partition coefficient (Wildman–Crippen LogP) is 4.56. The number of amides is 1. The van der Waals surface area contributed by atoms with Gasteiger partial charge in [0.05, 0.1) is 0 Å². The number of carbonyl (C=O) groups is 2. The maximum atomic E-state index is 12.4. The van der Waals surface area contributed by atoms with E-state index >= 15 is 0 Å². The molecule has 0 aromatic heterocycles. The summed E-state index contributed by atoms with van der Waals surface area (Å²) in [5.41, 5.74) is 2.13. The second-order valence-electron chi connectivity index (χ2n) is 8.28. The van der Waals surface area contributed by atoms with Gasteiger partial charge in [0.25, 0.3) is 0 Å². The van der Waals surface area contributed by atoms with Crippen LogP contribution in [-0.4, -0.2) is 36.7 Å². The maximum absolute atomic E-state index is 12.4. The minimum Gasteiger partial charge on any atom is -0.353 e. The number of rotatable bonds is 8. The molecule has 154 valence electrons. The van der Waals surface area contributed by atoms with E-state index in [1.807, 2.05) is 30.3 Å². The molecule has 2 aromatic rings. The monoisotopic (exact) mass is 392 g/mol. The molecule has 1 aliphatic carbocycles. The van der Waals surface area contributed by atoms with Crippen LogP contribution in [0.3, 0.4) is 0 Å². The van der Waals surface area contributed by atoms with Gasteiger partial charge < -0.3 is 5.32 Å². The Morgan fingerprint density at radius 3 is 2.10 bits per heavy atom. The molecule has 0 heterocycles. The van der Waals surface area contributed by atoms with E-state index in [-0.39, 0.29) is 23.3 Å². The summed E-state index contributed by atoms with van der Waals surface area (Å²) >= 11 is 0. The lowest BCUT2D eigenvalue weighted by Gasteiger charge is -2.45. The minimum atomic E-state index is 0.0462. The summed E-state index contributed by atoms with van der Waals surface area (Å²) in [5.74, 6) is 0.169. The smallest absolute Gasteiger partial charge is 0.220 e. The Balaban J connectivity index is 1.45. The van der Waals surface area contributed by atoms with E-state index in [2.05, 4.69) is 54.6 Å². The summed E-state index contributed by atoms with van der Waals surface area (Å²) in [6.07, 6.45) is 5.43. The number of benzene rings is 2. The molecule has 0 bridgehead atoms. The lowest BCUT2D eigenvalue weighted by atomic mass is 9.74. The quantitative estimate of drug-likeness (QED) is 0.670. The van der Waals surface area contributed by atoms with Crippen LogP contribution < -0.4 is 5.32 Å². The number of hydrogen-bond donors (Lipinski definition) is 1. The van der Waals surface area contributed by atoms with Crippen LogP contribution in [0.4, 0.5) is 0 Å². The van der Waals surface area contributed by atoms with E-state index in [0.717, 1.165) is 31.2 Å². The average molecular weight is 393 g/mol. The molecule has 1 aliphatic rings. The Labute approximate surface area is 174 Å². The number of carbonyl (C=O) groups excluding carboxylic acids is 2. The standard InChI is InChI=1S/C25H32N2O2/c1-27(2)25(21-12-7-4-8-13-21)18-16-22(17-19-25)26-24(29)15-9-14-23(28)20-10-5-3-6-11-20/h3-8,10-13,22H,9,14-19H2,1-2H3,(H,26,29). The Hall–Kier alpha value is -2.46. The van der Waals surface area contributed by atoms with Gasteiger partial charge in [-0.1, -0.05) is 60.7 Å². The van der Waals surface area contributed by atoms with Gasteiger partial charge in [-0.2, -0.15) is 0 Å². The Morgan fingerprint density at radius 2 is 1.52 bits per heavy atom. The van der Waals surface area contributed by atoms with Gasteiger partial charge in [-0.05, 0) is 51.8 Å². The molecule has 4 heteroatoms. The zero-order valence-electron chi connectivity index (χ0n) is 17.6. The molecule has 1 fully saturated rings. The normalized spacial score (nSPS) is 21.7. The topological polar surface area (TPSA) is 49.4 Å². The van der Waals surface area contributed by atoms with Crippen LogP contribution in [0.1, 0.15) is 60.9 Å². The van der Waals surface area contributed by atoms with Gasteiger partial charge in [-0.3, -0.25) is 14.5 Å². The molecular formula is C25H32N2O2. The van der Waals surface area contributed by atoms with Crippen molar-refractivity contribution in [3.05, 3.63) is 71.8 Å². The minimum absolute atomic E-state index is 0.0462. The molecule has 29 heavy (non-hydrogen) atoms. The SMILES string of the molecule is CN(C)C1(c2ccccc2)CCC(NC(=O)CCCC(=O)c2ccccc2)CC1. The van der Waals surface area contributed by atoms with Crippen molar-refractivity contribution in [1.82, 2.24) is 10.2 Å². The number of nitrogens with zero attached hydrogens (tertiary/aromatic N) is 1. The van der Waals surface area contributed by atoms with Crippen LogP contribution in [0.25, 0.3) is 0 Å². The Bertz CT molecular complexity index is 794. The summed E-state index contributed by atoms with van der Waals surface area (Å²) in [6.45, 7) is 0.